The Morgan fingerprint density at radius 3 is 2.29 bits per heavy atom. The molecule has 1 aliphatic heterocycles. The van der Waals surface area contributed by atoms with Crippen LogP contribution < -0.4 is 0 Å². The van der Waals surface area contributed by atoms with E-state index in [0.717, 1.165) is 11.1 Å². The van der Waals surface area contributed by atoms with Crippen molar-refractivity contribution in [1.29, 1.82) is 0 Å². The van der Waals surface area contributed by atoms with E-state index in [1.165, 1.54) is 21.6 Å². The van der Waals surface area contributed by atoms with Crippen molar-refractivity contribution in [3.8, 4) is 11.8 Å². The van der Waals surface area contributed by atoms with Crippen molar-refractivity contribution >= 4 is 6.09 Å². The summed E-state index contributed by atoms with van der Waals surface area (Å²) in [6, 6.07) is 22.4. The first kappa shape index (κ1) is 22.5. The highest BCUT2D eigenvalue weighted by atomic mass is 19.1. The number of aromatic hydroxyl groups is 2. The van der Waals surface area contributed by atoms with Gasteiger partial charge in [0.1, 0.15) is 12.4 Å². The van der Waals surface area contributed by atoms with Crippen molar-refractivity contribution in [2.24, 2.45) is 0 Å². The summed E-state index contributed by atoms with van der Waals surface area (Å²) in [5.74, 6) is -0.630. The highest BCUT2D eigenvalue weighted by molar-refractivity contribution is 5.73. The molecule has 4 aromatic rings. The van der Waals surface area contributed by atoms with Crippen molar-refractivity contribution < 1.29 is 24.1 Å². The van der Waals surface area contributed by atoms with E-state index in [1.807, 2.05) is 60.7 Å². The number of halogens is 1. The summed E-state index contributed by atoms with van der Waals surface area (Å²) < 4.78 is 20.9. The van der Waals surface area contributed by atoms with Crippen LogP contribution in [-0.2, 0) is 24.4 Å². The molecule has 1 aliphatic rings. The third kappa shape index (κ3) is 4.21. The molecule has 7 heteroatoms. The van der Waals surface area contributed by atoms with E-state index in [-0.39, 0.29) is 31.5 Å². The molecule has 0 fully saturated rings. The minimum absolute atomic E-state index is 0.0472. The number of amides is 1. The summed E-state index contributed by atoms with van der Waals surface area (Å²) in [7, 11) is 0. The highest BCUT2D eigenvalue weighted by Crippen LogP contribution is 2.49. The number of aryl methyl sites for hydroxylation is 1. The highest BCUT2D eigenvalue weighted by Gasteiger charge is 2.43. The van der Waals surface area contributed by atoms with Crippen LogP contribution in [0.2, 0.25) is 0 Å². The fourth-order valence-corrected chi connectivity index (χ4v) is 4.68. The predicted octanol–water partition coefficient (Wildman–Crippen LogP) is 5.64. The topological polar surface area (TPSA) is 74.9 Å². The van der Waals surface area contributed by atoms with Crippen LogP contribution in [0.3, 0.4) is 0 Å². The SMILES string of the molecule is Cc1cc(F)ccc1C1c2c(c(O)n(Cc3ccccc3)c2O)CN1C(=O)OCc1ccccc1. The van der Waals surface area contributed by atoms with E-state index >= 15 is 0 Å². The molecular weight excluding hydrogens is 447 g/mol. The molecule has 2 N–H and O–H groups in total. The lowest BCUT2D eigenvalue weighted by molar-refractivity contribution is 0.0879. The molecule has 2 heterocycles. The molecule has 0 saturated carbocycles. The molecule has 1 unspecified atom stereocenters. The van der Waals surface area contributed by atoms with E-state index in [4.69, 9.17) is 4.74 Å². The molecule has 0 bridgehead atoms. The number of hydrogen-bond donors (Lipinski definition) is 2. The molecule has 5 rings (SSSR count). The zero-order chi connectivity index (χ0) is 24.5. The number of aromatic nitrogens is 1. The van der Waals surface area contributed by atoms with Gasteiger partial charge in [-0.1, -0.05) is 66.7 Å². The number of carbonyl (C=O) groups is 1. The Hall–Kier alpha value is -4.26. The number of carbonyl (C=O) groups excluding carboxylic acids is 1. The number of fused-ring (bicyclic) bond motifs is 1. The van der Waals surface area contributed by atoms with Crippen LogP contribution in [0.4, 0.5) is 9.18 Å². The maximum absolute atomic E-state index is 13.9. The Morgan fingerprint density at radius 2 is 1.63 bits per heavy atom. The number of hydrogen-bond acceptors (Lipinski definition) is 4. The van der Waals surface area contributed by atoms with E-state index in [9.17, 15) is 19.4 Å². The van der Waals surface area contributed by atoms with Gasteiger partial charge < -0.3 is 14.9 Å². The van der Waals surface area contributed by atoms with Crippen LogP contribution in [0.15, 0.2) is 78.9 Å². The zero-order valence-corrected chi connectivity index (χ0v) is 19.2. The first-order chi connectivity index (χ1) is 16.9. The summed E-state index contributed by atoms with van der Waals surface area (Å²) >= 11 is 0. The van der Waals surface area contributed by atoms with Gasteiger partial charge in [-0.3, -0.25) is 9.47 Å². The van der Waals surface area contributed by atoms with Gasteiger partial charge in [0.2, 0.25) is 0 Å². The normalized spacial score (nSPS) is 14.7. The number of rotatable bonds is 5. The van der Waals surface area contributed by atoms with Crippen molar-refractivity contribution in [3.05, 3.63) is 118 Å². The van der Waals surface area contributed by atoms with Crippen LogP contribution in [0.1, 0.15) is 39.4 Å². The van der Waals surface area contributed by atoms with E-state index in [2.05, 4.69) is 0 Å². The second-order valence-electron chi connectivity index (χ2n) is 8.68. The minimum Gasteiger partial charge on any atom is -0.494 e. The molecule has 178 valence electrons. The van der Waals surface area contributed by atoms with Gasteiger partial charge in [0.15, 0.2) is 11.8 Å². The molecule has 0 radical (unpaired) electrons. The minimum atomic E-state index is -0.739. The maximum Gasteiger partial charge on any atom is 0.411 e. The van der Waals surface area contributed by atoms with Crippen molar-refractivity contribution in [2.45, 2.75) is 32.7 Å². The molecule has 35 heavy (non-hydrogen) atoms. The number of nitrogens with zero attached hydrogens (tertiary/aromatic N) is 2. The third-order valence-corrected chi connectivity index (χ3v) is 6.41. The molecule has 6 nitrogen and oxygen atoms in total. The standard InChI is InChI=1S/C28H25FN2O4/c1-18-14-21(29)12-13-22(18)25-24-23(16-30(25)28(34)35-17-20-10-6-3-7-11-20)26(32)31(27(24)33)15-19-8-4-2-5-9-19/h2-14,25,32-33H,15-17H2,1H3. The van der Waals surface area contributed by atoms with Gasteiger partial charge in [-0.15, -0.1) is 0 Å². The van der Waals surface area contributed by atoms with E-state index in [0.29, 0.717) is 22.3 Å². The fraction of sp³-hybridized carbons (Fsp3) is 0.179. The van der Waals surface area contributed by atoms with Gasteiger partial charge in [-0.25, -0.2) is 9.18 Å². The molecule has 3 aromatic carbocycles. The quantitative estimate of drug-likeness (QED) is 0.394. The first-order valence-corrected chi connectivity index (χ1v) is 11.3. The second kappa shape index (κ2) is 9.18. The second-order valence-corrected chi connectivity index (χ2v) is 8.68. The van der Waals surface area contributed by atoms with Crippen molar-refractivity contribution in [1.82, 2.24) is 9.47 Å². The van der Waals surface area contributed by atoms with Gasteiger partial charge in [0.05, 0.1) is 19.1 Å². The van der Waals surface area contributed by atoms with Crippen molar-refractivity contribution in [3.63, 3.8) is 0 Å². The lowest BCUT2D eigenvalue weighted by Crippen LogP contribution is -2.31. The zero-order valence-electron chi connectivity index (χ0n) is 19.2. The Kier molecular flexibility index (Phi) is 5.91. The van der Waals surface area contributed by atoms with Crippen LogP contribution in [-0.4, -0.2) is 25.8 Å². The summed E-state index contributed by atoms with van der Waals surface area (Å²) in [5, 5.41) is 22.3. The van der Waals surface area contributed by atoms with Crippen LogP contribution >= 0.6 is 0 Å². The lowest BCUT2D eigenvalue weighted by Gasteiger charge is -2.27. The van der Waals surface area contributed by atoms with Crippen molar-refractivity contribution in [2.75, 3.05) is 0 Å². The largest absolute Gasteiger partial charge is 0.494 e. The van der Waals surface area contributed by atoms with E-state index < -0.39 is 18.0 Å². The smallest absolute Gasteiger partial charge is 0.411 e. The Balaban J connectivity index is 1.52. The van der Waals surface area contributed by atoms with Gasteiger partial charge in [-0.2, -0.15) is 0 Å². The fourth-order valence-electron chi connectivity index (χ4n) is 4.68. The molecule has 1 amide bonds. The predicted molar refractivity (Wildman–Crippen MR) is 128 cm³/mol. The Bertz CT molecular complexity index is 1370. The molecule has 1 aromatic heterocycles. The summed E-state index contributed by atoms with van der Waals surface area (Å²) in [5.41, 5.74) is 3.88. The summed E-state index contributed by atoms with van der Waals surface area (Å²) in [6.45, 7) is 2.15. The maximum atomic E-state index is 13.9. The van der Waals surface area contributed by atoms with Gasteiger partial charge >= 0.3 is 6.09 Å². The van der Waals surface area contributed by atoms with E-state index in [1.54, 1.807) is 13.0 Å². The molecule has 0 aliphatic carbocycles. The lowest BCUT2D eigenvalue weighted by atomic mass is 9.96. The third-order valence-electron chi connectivity index (χ3n) is 6.41. The summed E-state index contributed by atoms with van der Waals surface area (Å²) in [4.78, 5) is 14.7. The Labute approximate surface area is 202 Å². The molecule has 0 spiro atoms. The molecule has 1 atom stereocenters. The van der Waals surface area contributed by atoms with Gasteiger partial charge in [0.25, 0.3) is 0 Å². The average molecular weight is 473 g/mol. The van der Waals surface area contributed by atoms with Crippen LogP contribution in [0.5, 0.6) is 11.8 Å². The van der Waals surface area contributed by atoms with Crippen LogP contribution in [0.25, 0.3) is 0 Å². The number of ether oxygens (including phenoxy) is 1. The molecular formula is C28H25FN2O4. The molecule has 0 saturated heterocycles. The van der Waals surface area contributed by atoms with Crippen LogP contribution in [0, 0.1) is 12.7 Å². The van der Waals surface area contributed by atoms with Gasteiger partial charge in [-0.05, 0) is 41.3 Å². The summed E-state index contributed by atoms with van der Waals surface area (Å²) in [6.07, 6.45) is -0.591. The monoisotopic (exact) mass is 472 g/mol. The van der Waals surface area contributed by atoms with Gasteiger partial charge in [0, 0.05) is 11.1 Å². The average Bonchev–Trinajstić information content (AvgIpc) is 3.36. The Morgan fingerprint density at radius 1 is 0.971 bits per heavy atom. The first-order valence-electron chi connectivity index (χ1n) is 11.3. The number of benzene rings is 3.